The van der Waals surface area contributed by atoms with Crippen molar-refractivity contribution in [3.63, 3.8) is 0 Å². The monoisotopic (exact) mass is 237 g/mol. The molecule has 1 heterocycles. The van der Waals surface area contributed by atoms with Gasteiger partial charge in [-0.25, -0.2) is 4.98 Å². The van der Waals surface area contributed by atoms with Crippen molar-refractivity contribution < 1.29 is 18.0 Å². The van der Waals surface area contributed by atoms with Gasteiger partial charge in [0, 0.05) is 17.5 Å². The summed E-state index contributed by atoms with van der Waals surface area (Å²) < 4.78 is 36.6. The lowest BCUT2D eigenvalue weighted by molar-refractivity contribution is -0.137. The van der Waals surface area contributed by atoms with Gasteiger partial charge in [-0.3, -0.25) is 0 Å². The fourth-order valence-corrected chi connectivity index (χ4v) is 2.01. The van der Waals surface area contributed by atoms with Crippen LogP contribution >= 0.6 is 11.3 Å². The summed E-state index contributed by atoms with van der Waals surface area (Å²) in [6.45, 7) is 3.14. The Morgan fingerprint density at radius 1 is 1.60 bits per heavy atom. The first-order valence-corrected chi connectivity index (χ1v) is 5.14. The van der Waals surface area contributed by atoms with Crippen LogP contribution in [0.15, 0.2) is 6.20 Å². The second-order valence-corrected chi connectivity index (χ2v) is 4.43. The van der Waals surface area contributed by atoms with Crippen LogP contribution in [0, 0.1) is 0 Å². The molecule has 1 aromatic heterocycles. The SMILES string of the molecule is CC(=O)CC(C)c1cnc(C(F)(F)F)s1. The molecule has 1 atom stereocenters. The summed E-state index contributed by atoms with van der Waals surface area (Å²) in [5, 5.41) is -0.854. The van der Waals surface area contributed by atoms with Crippen molar-refractivity contribution in [1.82, 2.24) is 4.98 Å². The molecule has 0 bridgehead atoms. The molecule has 1 rings (SSSR count). The first-order valence-electron chi connectivity index (χ1n) is 4.33. The summed E-state index contributed by atoms with van der Waals surface area (Å²) in [6, 6.07) is 0. The molecule has 0 radical (unpaired) electrons. The van der Waals surface area contributed by atoms with E-state index in [9.17, 15) is 18.0 Å². The molecule has 1 unspecified atom stereocenters. The highest BCUT2D eigenvalue weighted by Crippen LogP contribution is 2.35. The second kappa shape index (κ2) is 4.30. The molecule has 0 saturated heterocycles. The van der Waals surface area contributed by atoms with Crippen LogP contribution in [-0.2, 0) is 11.0 Å². The van der Waals surface area contributed by atoms with Crippen molar-refractivity contribution in [2.24, 2.45) is 0 Å². The van der Waals surface area contributed by atoms with Gasteiger partial charge in [-0.15, -0.1) is 11.3 Å². The Morgan fingerprint density at radius 2 is 2.20 bits per heavy atom. The number of thiazole rings is 1. The largest absolute Gasteiger partial charge is 0.443 e. The lowest BCUT2D eigenvalue weighted by Gasteiger charge is -2.04. The van der Waals surface area contributed by atoms with E-state index in [1.165, 1.54) is 13.1 Å². The number of hydrogen-bond acceptors (Lipinski definition) is 3. The summed E-state index contributed by atoms with van der Waals surface area (Å²) in [6.07, 6.45) is -2.94. The molecular formula is C9H10F3NOS. The van der Waals surface area contributed by atoms with E-state index in [2.05, 4.69) is 4.98 Å². The van der Waals surface area contributed by atoms with Crippen molar-refractivity contribution in [2.45, 2.75) is 32.4 Å². The van der Waals surface area contributed by atoms with Crippen molar-refractivity contribution >= 4 is 17.1 Å². The maximum Gasteiger partial charge on any atom is 0.443 e. The van der Waals surface area contributed by atoms with E-state index in [1.54, 1.807) is 6.92 Å². The van der Waals surface area contributed by atoms with Gasteiger partial charge in [0.2, 0.25) is 0 Å². The zero-order chi connectivity index (χ0) is 11.6. The number of carbonyl (C=O) groups is 1. The number of nitrogens with zero attached hydrogens (tertiary/aromatic N) is 1. The van der Waals surface area contributed by atoms with Crippen LogP contribution < -0.4 is 0 Å². The van der Waals surface area contributed by atoms with Gasteiger partial charge in [0.05, 0.1) is 0 Å². The Bertz CT molecular complexity index is 358. The average Bonchev–Trinajstić information content (AvgIpc) is 2.48. The van der Waals surface area contributed by atoms with E-state index in [4.69, 9.17) is 0 Å². The van der Waals surface area contributed by atoms with Gasteiger partial charge in [-0.05, 0) is 12.8 Å². The highest BCUT2D eigenvalue weighted by molar-refractivity contribution is 7.11. The molecule has 84 valence electrons. The number of hydrogen-bond donors (Lipinski definition) is 0. The average molecular weight is 237 g/mol. The smallest absolute Gasteiger partial charge is 0.300 e. The molecule has 0 saturated carbocycles. The van der Waals surface area contributed by atoms with Gasteiger partial charge in [-0.1, -0.05) is 6.92 Å². The Kier molecular flexibility index (Phi) is 3.49. The van der Waals surface area contributed by atoms with Crippen molar-refractivity contribution in [3.8, 4) is 0 Å². The van der Waals surface area contributed by atoms with Crippen molar-refractivity contribution in [2.75, 3.05) is 0 Å². The van der Waals surface area contributed by atoms with E-state index >= 15 is 0 Å². The first-order chi connectivity index (χ1) is 6.80. The predicted molar refractivity (Wildman–Crippen MR) is 50.8 cm³/mol. The summed E-state index contributed by atoms with van der Waals surface area (Å²) in [4.78, 5) is 14.6. The van der Waals surface area contributed by atoms with Crippen LogP contribution in [0.25, 0.3) is 0 Å². The van der Waals surface area contributed by atoms with Gasteiger partial charge in [-0.2, -0.15) is 13.2 Å². The minimum absolute atomic E-state index is 0.0375. The maximum absolute atomic E-state index is 12.2. The normalized spacial score (nSPS) is 13.9. The van der Waals surface area contributed by atoms with Gasteiger partial charge in [0.1, 0.15) is 5.78 Å². The third kappa shape index (κ3) is 3.30. The quantitative estimate of drug-likeness (QED) is 0.807. The van der Waals surface area contributed by atoms with Gasteiger partial charge in [0.25, 0.3) is 0 Å². The maximum atomic E-state index is 12.2. The molecule has 0 aliphatic rings. The minimum atomic E-state index is -4.39. The summed E-state index contributed by atoms with van der Waals surface area (Å²) >= 11 is 0.602. The Hall–Kier alpha value is -0.910. The highest BCUT2D eigenvalue weighted by atomic mass is 32.1. The van der Waals surface area contributed by atoms with E-state index in [0.717, 1.165) is 0 Å². The van der Waals surface area contributed by atoms with E-state index in [0.29, 0.717) is 16.2 Å². The number of rotatable bonds is 3. The topological polar surface area (TPSA) is 30.0 Å². The number of ketones is 1. The van der Waals surface area contributed by atoms with Crippen LogP contribution in [0.4, 0.5) is 13.2 Å². The van der Waals surface area contributed by atoms with Crippen molar-refractivity contribution in [3.05, 3.63) is 16.1 Å². The Balaban J connectivity index is 2.80. The first kappa shape index (κ1) is 12.2. The molecule has 0 N–H and O–H groups in total. The number of carbonyl (C=O) groups excluding carboxylic acids is 1. The number of alkyl halides is 3. The van der Waals surface area contributed by atoms with E-state index in [-0.39, 0.29) is 18.1 Å². The van der Waals surface area contributed by atoms with Crippen LogP contribution in [-0.4, -0.2) is 10.8 Å². The Labute approximate surface area is 89.1 Å². The molecule has 0 aliphatic heterocycles. The van der Waals surface area contributed by atoms with Crippen LogP contribution in [0.5, 0.6) is 0 Å². The molecule has 6 heteroatoms. The fraction of sp³-hybridized carbons (Fsp3) is 0.556. The predicted octanol–water partition coefficient (Wildman–Crippen LogP) is 3.24. The van der Waals surface area contributed by atoms with Crippen molar-refractivity contribution in [1.29, 1.82) is 0 Å². The van der Waals surface area contributed by atoms with Gasteiger partial charge in [0.15, 0.2) is 5.01 Å². The molecule has 1 aromatic rings. The molecule has 0 aromatic carbocycles. The third-order valence-electron chi connectivity index (χ3n) is 1.85. The zero-order valence-corrected chi connectivity index (χ0v) is 9.08. The molecule has 0 amide bonds. The molecule has 0 aliphatic carbocycles. The summed E-state index contributed by atoms with van der Waals surface area (Å²) in [5.74, 6) is -0.236. The fourth-order valence-electron chi connectivity index (χ4n) is 1.18. The van der Waals surface area contributed by atoms with E-state index in [1.807, 2.05) is 0 Å². The molecule has 0 fully saturated rings. The second-order valence-electron chi connectivity index (χ2n) is 3.37. The Morgan fingerprint density at radius 3 is 2.60 bits per heavy atom. The van der Waals surface area contributed by atoms with E-state index < -0.39 is 11.2 Å². The number of aromatic nitrogens is 1. The van der Waals surface area contributed by atoms with Crippen LogP contribution in [0.2, 0.25) is 0 Å². The number of halogens is 3. The minimum Gasteiger partial charge on any atom is -0.300 e. The summed E-state index contributed by atoms with van der Waals surface area (Å²) in [7, 11) is 0. The summed E-state index contributed by atoms with van der Waals surface area (Å²) in [5.41, 5.74) is 0. The molecular weight excluding hydrogens is 227 g/mol. The highest BCUT2D eigenvalue weighted by Gasteiger charge is 2.34. The molecule has 0 spiro atoms. The third-order valence-corrected chi connectivity index (χ3v) is 3.12. The lowest BCUT2D eigenvalue weighted by atomic mass is 10.0. The lowest BCUT2D eigenvalue weighted by Crippen LogP contribution is -2.03. The van der Waals surface area contributed by atoms with Gasteiger partial charge < -0.3 is 4.79 Å². The van der Waals surface area contributed by atoms with Gasteiger partial charge >= 0.3 is 6.18 Å². The standard InChI is InChI=1S/C9H10F3NOS/c1-5(3-6(2)14)7-4-13-8(15-7)9(10,11)12/h4-5H,3H2,1-2H3. The molecule has 2 nitrogen and oxygen atoms in total. The molecule has 15 heavy (non-hydrogen) atoms. The van der Waals surface area contributed by atoms with Crippen LogP contribution in [0.1, 0.15) is 36.1 Å². The van der Waals surface area contributed by atoms with Crippen LogP contribution in [0.3, 0.4) is 0 Å². The zero-order valence-electron chi connectivity index (χ0n) is 8.26. The number of Topliss-reactive ketones (excluding diaryl/α,β-unsaturated/α-hetero) is 1.